The van der Waals surface area contributed by atoms with Gasteiger partial charge in [0.25, 0.3) is 5.91 Å². The molecule has 150 valence electrons. The summed E-state index contributed by atoms with van der Waals surface area (Å²) in [5, 5.41) is 7.73. The molecule has 0 radical (unpaired) electrons. The number of nitrogens with one attached hydrogen (secondary N) is 2. The Balaban J connectivity index is 1.30. The van der Waals surface area contributed by atoms with Gasteiger partial charge < -0.3 is 10.6 Å². The van der Waals surface area contributed by atoms with E-state index in [2.05, 4.69) is 10.6 Å². The first-order valence-electron chi connectivity index (χ1n) is 9.54. The summed E-state index contributed by atoms with van der Waals surface area (Å²) in [6, 6.07) is 19.8. The van der Waals surface area contributed by atoms with Crippen molar-refractivity contribution in [3.8, 4) is 0 Å². The van der Waals surface area contributed by atoms with Gasteiger partial charge in [0.15, 0.2) is 0 Å². The number of benzene rings is 3. The highest BCUT2D eigenvalue weighted by atomic mass is 32.2. The second-order valence-electron chi connectivity index (χ2n) is 6.57. The summed E-state index contributed by atoms with van der Waals surface area (Å²) in [6.45, 7) is 0.869. The summed E-state index contributed by atoms with van der Waals surface area (Å²) in [5.74, 6) is 0.328. The van der Waals surface area contributed by atoms with Crippen LogP contribution in [0.4, 0.5) is 4.39 Å². The lowest BCUT2D eigenvalue weighted by Gasteiger charge is -2.08. The smallest absolute Gasteiger partial charge is 0.251 e. The molecule has 4 nitrogen and oxygen atoms in total. The summed E-state index contributed by atoms with van der Waals surface area (Å²) in [6.07, 6.45) is 1.06. The zero-order chi connectivity index (χ0) is 20.5. The molecule has 0 unspecified atom stereocenters. The lowest BCUT2D eigenvalue weighted by molar-refractivity contribution is -0.120. The summed E-state index contributed by atoms with van der Waals surface area (Å²) >= 11 is 1.63. The van der Waals surface area contributed by atoms with Crippen LogP contribution in [0, 0.1) is 5.82 Å². The van der Waals surface area contributed by atoms with E-state index in [-0.39, 0.29) is 24.1 Å². The van der Waals surface area contributed by atoms with Crippen LogP contribution < -0.4 is 10.6 Å². The second kappa shape index (κ2) is 10.6. The maximum atomic E-state index is 12.8. The highest BCUT2D eigenvalue weighted by Crippen LogP contribution is 2.18. The molecular formula is C23H23FN2O2S. The third-order valence-electron chi connectivity index (χ3n) is 4.37. The van der Waals surface area contributed by atoms with Crippen LogP contribution in [0.3, 0.4) is 0 Å². The van der Waals surface area contributed by atoms with E-state index in [1.807, 2.05) is 36.4 Å². The number of thioether (sulfide) groups is 1. The Labute approximate surface area is 173 Å². The molecule has 0 fully saturated rings. The zero-order valence-corrected chi connectivity index (χ0v) is 16.8. The molecule has 0 atom stereocenters. The van der Waals surface area contributed by atoms with Gasteiger partial charge in [-0.2, -0.15) is 0 Å². The number of hydrogen-bond donors (Lipinski definition) is 2. The molecule has 6 heteroatoms. The van der Waals surface area contributed by atoms with E-state index in [4.69, 9.17) is 0 Å². The summed E-state index contributed by atoms with van der Waals surface area (Å²) < 4.78 is 12.8. The molecule has 0 aliphatic carbocycles. The number of hydrogen-bond acceptors (Lipinski definition) is 3. The second-order valence-corrected chi connectivity index (χ2v) is 7.74. The van der Waals surface area contributed by atoms with Crippen molar-refractivity contribution < 1.29 is 14.0 Å². The van der Waals surface area contributed by atoms with Crippen LogP contribution in [0.15, 0.2) is 71.6 Å². The predicted molar refractivity (Wildman–Crippen MR) is 116 cm³/mol. The van der Waals surface area contributed by atoms with Crippen LogP contribution in [0.2, 0.25) is 0 Å². The Bertz CT molecular complexity index is 976. The van der Waals surface area contributed by atoms with Crippen molar-refractivity contribution in [1.29, 1.82) is 0 Å². The zero-order valence-electron chi connectivity index (χ0n) is 16.0. The first-order valence-corrected chi connectivity index (χ1v) is 10.5. The van der Waals surface area contributed by atoms with Crippen LogP contribution in [-0.2, 0) is 4.79 Å². The van der Waals surface area contributed by atoms with Crippen LogP contribution in [-0.4, -0.2) is 30.7 Å². The summed E-state index contributed by atoms with van der Waals surface area (Å²) in [7, 11) is 0. The number of halogens is 1. The van der Waals surface area contributed by atoms with E-state index < -0.39 is 0 Å². The molecule has 3 rings (SSSR count). The predicted octanol–water partition coefficient (Wildman–Crippen LogP) is 4.40. The van der Waals surface area contributed by atoms with Crippen LogP contribution in [0.25, 0.3) is 10.8 Å². The van der Waals surface area contributed by atoms with Crippen LogP contribution in [0.5, 0.6) is 0 Å². The van der Waals surface area contributed by atoms with Gasteiger partial charge >= 0.3 is 0 Å². The van der Waals surface area contributed by atoms with E-state index in [1.54, 1.807) is 30.0 Å². The lowest BCUT2D eigenvalue weighted by atomic mass is 10.1. The number of carbonyl (C=O) groups is 2. The quantitative estimate of drug-likeness (QED) is 0.406. The molecule has 29 heavy (non-hydrogen) atoms. The van der Waals surface area contributed by atoms with Crippen molar-refractivity contribution in [3.63, 3.8) is 0 Å². The minimum atomic E-state index is -0.241. The topological polar surface area (TPSA) is 58.2 Å². The van der Waals surface area contributed by atoms with E-state index in [1.165, 1.54) is 12.1 Å². The number of rotatable bonds is 9. The average molecular weight is 411 g/mol. The average Bonchev–Trinajstić information content (AvgIpc) is 2.74. The van der Waals surface area contributed by atoms with Gasteiger partial charge in [0.1, 0.15) is 5.82 Å². The van der Waals surface area contributed by atoms with Gasteiger partial charge in [-0.15, -0.1) is 11.8 Å². The van der Waals surface area contributed by atoms with Gasteiger partial charge in [0, 0.05) is 30.0 Å². The molecule has 2 N–H and O–H groups in total. The minimum absolute atomic E-state index is 0.0874. The van der Waals surface area contributed by atoms with E-state index in [0.717, 1.165) is 27.8 Å². The first-order chi connectivity index (χ1) is 14.1. The third-order valence-corrected chi connectivity index (χ3v) is 5.47. The van der Waals surface area contributed by atoms with Crippen LogP contribution in [0.1, 0.15) is 23.2 Å². The number of carbonyl (C=O) groups excluding carboxylic acids is 2. The molecule has 3 aromatic carbocycles. The first kappa shape index (κ1) is 20.9. The number of fused-ring (bicyclic) bond motifs is 1. The minimum Gasteiger partial charge on any atom is -0.356 e. The molecule has 0 saturated carbocycles. The van der Waals surface area contributed by atoms with Crippen molar-refractivity contribution in [2.24, 2.45) is 0 Å². The maximum Gasteiger partial charge on any atom is 0.251 e. The van der Waals surface area contributed by atoms with Crippen molar-refractivity contribution >= 4 is 34.3 Å². The van der Waals surface area contributed by atoms with Gasteiger partial charge in [-0.25, -0.2) is 4.39 Å². The highest BCUT2D eigenvalue weighted by molar-refractivity contribution is 7.99. The normalized spacial score (nSPS) is 10.7. The Morgan fingerprint density at radius 2 is 1.62 bits per heavy atom. The molecule has 0 heterocycles. The standard InChI is InChI=1S/C23H23FN2O2S/c24-20-8-10-21(11-9-20)29-15-3-13-25-22(27)12-14-26-23(28)19-7-6-17-4-1-2-5-18(17)16-19/h1-2,4-11,16H,3,12-15H2,(H,25,27)(H,26,28). The van der Waals surface area contributed by atoms with Crippen molar-refractivity contribution in [2.45, 2.75) is 17.7 Å². The fourth-order valence-corrected chi connectivity index (χ4v) is 3.68. The Kier molecular flexibility index (Phi) is 7.64. The molecular weight excluding hydrogens is 387 g/mol. The van der Waals surface area contributed by atoms with Gasteiger partial charge in [-0.05, 0) is 59.3 Å². The Morgan fingerprint density at radius 1 is 0.862 bits per heavy atom. The molecule has 2 amide bonds. The molecule has 3 aromatic rings. The van der Waals surface area contributed by atoms with E-state index in [9.17, 15) is 14.0 Å². The molecule has 0 aromatic heterocycles. The van der Waals surface area contributed by atoms with Crippen molar-refractivity contribution in [1.82, 2.24) is 10.6 Å². The third kappa shape index (κ3) is 6.61. The molecule has 0 bridgehead atoms. The largest absolute Gasteiger partial charge is 0.356 e. The SMILES string of the molecule is O=C(CCNC(=O)c1ccc2ccccc2c1)NCCCSc1ccc(F)cc1. The van der Waals surface area contributed by atoms with Crippen LogP contribution >= 0.6 is 11.8 Å². The van der Waals surface area contributed by atoms with Gasteiger partial charge in [-0.3, -0.25) is 9.59 Å². The number of amides is 2. The van der Waals surface area contributed by atoms with Gasteiger partial charge in [-0.1, -0.05) is 30.3 Å². The molecule has 0 saturated heterocycles. The van der Waals surface area contributed by atoms with Crippen molar-refractivity contribution in [3.05, 3.63) is 78.1 Å². The molecule has 0 spiro atoms. The maximum absolute atomic E-state index is 12.8. The van der Waals surface area contributed by atoms with Crippen molar-refractivity contribution in [2.75, 3.05) is 18.8 Å². The highest BCUT2D eigenvalue weighted by Gasteiger charge is 2.07. The monoisotopic (exact) mass is 410 g/mol. The Morgan fingerprint density at radius 3 is 2.41 bits per heavy atom. The fourth-order valence-electron chi connectivity index (χ4n) is 2.83. The lowest BCUT2D eigenvalue weighted by Crippen LogP contribution is -2.31. The van der Waals surface area contributed by atoms with E-state index in [0.29, 0.717) is 18.7 Å². The summed E-state index contributed by atoms with van der Waals surface area (Å²) in [5.41, 5.74) is 0.585. The van der Waals surface area contributed by atoms with Gasteiger partial charge in [0.05, 0.1) is 0 Å². The van der Waals surface area contributed by atoms with Gasteiger partial charge in [0.2, 0.25) is 5.91 Å². The Hall–Kier alpha value is -2.86. The summed E-state index contributed by atoms with van der Waals surface area (Å²) in [4.78, 5) is 25.2. The van der Waals surface area contributed by atoms with E-state index >= 15 is 0 Å². The molecule has 0 aliphatic heterocycles. The fraction of sp³-hybridized carbons (Fsp3) is 0.217. The molecule has 0 aliphatic rings.